The molecule has 1 atom stereocenters. The number of hydrogen-bond acceptors (Lipinski definition) is 3. The zero-order valence-electron chi connectivity index (χ0n) is 20.6. The first-order valence-corrected chi connectivity index (χ1v) is 13.1. The molecule has 1 aliphatic heterocycles. The van der Waals surface area contributed by atoms with Crippen LogP contribution in [0.2, 0.25) is 0 Å². The van der Waals surface area contributed by atoms with Gasteiger partial charge in [-0.15, -0.1) is 0 Å². The van der Waals surface area contributed by atoms with Gasteiger partial charge in [0.2, 0.25) is 0 Å². The van der Waals surface area contributed by atoms with Crippen LogP contribution < -0.4 is 15.5 Å². The number of amidine groups is 1. The van der Waals surface area contributed by atoms with Gasteiger partial charge in [-0.05, 0) is 56.9 Å². The molecule has 3 nitrogen and oxygen atoms in total. The third-order valence-corrected chi connectivity index (χ3v) is 8.80. The molecule has 0 saturated carbocycles. The summed E-state index contributed by atoms with van der Waals surface area (Å²) in [6.45, 7) is 14.1. The minimum atomic E-state index is -1.02. The molecule has 0 fully saturated rings. The molecule has 4 rings (SSSR count). The van der Waals surface area contributed by atoms with E-state index in [-0.39, 0.29) is 6.04 Å². The molecular weight excluding hydrogens is 423 g/mol. The lowest BCUT2D eigenvalue weighted by molar-refractivity contribution is 0.210. The van der Waals surface area contributed by atoms with E-state index in [1.807, 2.05) is 0 Å². The van der Waals surface area contributed by atoms with Crippen molar-refractivity contribution in [3.8, 4) is 0 Å². The third-order valence-electron chi connectivity index (χ3n) is 6.28. The Labute approximate surface area is 200 Å². The van der Waals surface area contributed by atoms with Crippen molar-refractivity contribution in [2.75, 3.05) is 11.4 Å². The summed E-state index contributed by atoms with van der Waals surface area (Å²) in [4.78, 5) is 7.59. The zero-order chi connectivity index (χ0) is 23.6. The molecule has 172 valence electrons. The van der Waals surface area contributed by atoms with Crippen LogP contribution in [0, 0.1) is 19.8 Å². The molecule has 0 bridgehead atoms. The van der Waals surface area contributed by atoms with Crippen molar-refractivity contribution >= 4 is 30.3 Å². The average molecular weight is 459 g/mol. The van der Waals surface area contributed by atoms with E-state index >= 15 is 0 Å². The first-order chi connectivity index (χ1) is 15.8. The Hall–Kier alpha value is -2.48. The number of benzene rings is 3. The van der Waals surface area contributed by atoms with E-state index in [0.717, 1.165) is 12.4 Å². The molecule has 1 heterocycles. The van der Waals surface area contributed by atoms with Crippen LogP contribution in [0.25, 0.3) is 0 Å². The second-order valence-corrected chi connectivity index (χ2v) is 11.4. The van der Waals surface area contributed by atoms with Gasteiger partial charge in [-0.2, -0.15) is 0 Å². The Bertz CT molecular complexity index is 1080. The lowest BCUT2D eigenvalue weighted by Crippen LogP contribution is -2.45. The summed E-state index contributed by atoms with van der Waals surface area (Å²) < 4.78 is 7.13. The topological polar surface area (TPSA) is 24.8 Å². The third kappa shape index (κ3) is 5.05. The van der Waals surface area contributed by atoms with Gasteiger partial charge in [0.25, 0.3) is 0 Å². The van der Waals surface area contributed by atoms with E-state index in [1.165, 1.54) is 27.4 Å². The lowest BCUT2D eigenvalue weighted by atomic mass is 10.1. The molecule has 1 aliphatic rings. The van der Waals surface area contributed by atoms with E-state index in [9.17, 15) is 0 Å². The quantitative estimate of drug-likeness (QED) is 0.383. The molecule has 0 radical (unpaired) electrons. The molecule has 33 heavy (non-hydrogen) atoms. The number of aliphatic imine (C=N–C) groups is 1. The number of hydrogen-bond donors (Lipinski definition) is 0. The minimum absolute atomic E-state index is 0.256. The second kappa shape index (κ2) is 9.79. The SMILES string of the molecule is Cc1ccccc1P(OC(C)(C)C1=N[C@@H](C(C)C)CN1c1ccccc1)c1ccccc1C. The van der Waals surface area contributed by atoms with Crippen molar-refractivity contribution in [3.63, 3.8) is 0 Å². The van der Waals surface area contributed by atoms with Crippen molar-refractivity contribution in [2.24, 2.45) is 10.9 Å². The molecule has 0 aromatic heterocycles. The molecule has 3 aromatic rings. The standard InChI is InChI=1S/C29H35N2OP/c1-21(2)25-20-31(24-16-8-7-9-17-24)28(30-25)29(5,6)32-33(26-18-12-10-14-22(26)3)27-19-13-11-15-23(27)4/h7-19,21,25H,20H2,1-6H3/t25-/m1/s1. The van der Waals surface area contributed by atoms with Gasteiger partial charge >= 0.3 is 0 Å². The van der Waals surface area contributed by atoms with E-state index < -0.39 is 13.7 Å². The monoisotopic (exact) mass is 458 g/mol. The Morgan fingerprint density at radius 3 is 1.88 bits per heavy atom. The number of nitrogens with zero attached hydrogens (tertiary/aromatic N) is 2. The van der Waals surface area contributed by atoms with Gasteiger partial charge < -0.3 is 9.42 Å². The van der Waals surface area contributed by atoms with Crippen molar-refractivity contribution in [2.45, 2.75) is 53.2 Å². The summed E-state index contributed by atoms with van der Waals surface area (Å²) in [6, 6.07) is 28.1. The van der Waals surface area contributed by atoms with Crippen LogP contribution in [-0.2, 0) is 4.52 Å². The smallest absolute Gasteiger partial charge is 0.136 e. The highest BCUT2D eigenvalue weighted by Crippen LogP contribution is 2.43. The second-order valence-electron chi connectivity index (χ2n) is 9.68. The predicted octanol–water partition coefficient (Wildman–Crippen LogP) is 6.39. The van der Waals surface area contributed by atoms with E-state index in [1.54, 1.807) is 0 Å². The van der Waals surface area contributed by atoms with Crippen LogP contribution in [0.15, 0.2) is 83.9 Å². The minimum Gasteiger partial charge on any atom is -0.336 e. The van der Waals surface area contributed by atoms with Gasteiger partial charge in [-0.1, -0.05) is 80.6 Å². The van der Waals surface area contributed by atoms with Gasteiger partial charge in [0, 0.05) is 22.8 Å². The molecule has 4 heteroatoms. The van der Waals surface area contributed by atoms with Gasteiger partial charge in [0.1, 0.15) is 11.4 Å². The summed E-state index contributed by atoms with van der Waals surface area (Å²) >= 11 is 0. The molecular formula is C29H35N2OP. The van der Waals surface area contributed by atoms with Crippen molar-refractivity contribution in [1.29, 1.82) is 0 Å². The molecule has 0 saturated heterocycles. The highest BCUT2D eigenvalue weighted by molar-refractivity contribution is 7.68. The summed E-state index contributed by atoms with van der Waals surface area (Å²) in [7, 11) is -1.02. The Balaban J connectivity index is 1.77. The summed E-state index contributed by atoms with van der Waals surface area (Å²) in [5, 5.41) is 2.53. The van der Waals surface area contributed by atoms with Gasteiger partial charge in [-0.25, -0.2) is 0 Å². The number of rotatable bonds is 7. The predicted molar refractivity (Wildman–Crippen MR) is 144 cm³/mol. The average Bonchev–Trinajstić information content (AvgIpc) is 3.26. The molecule has 0 N–H and O–H groups in total. The van der Waals surface area contributed by atoms with Gasteiger partial charge in [0.05, 0.1) is 14.2 Å². The Kier molecular flexibility index (Phi) is 7.02. The maximum atomic E-state index is 7.13. The fourth-order valence-electron chi connectivity index (χ4n) is 4.30. The van der Waals surface area contributed by atoms with Crippen LogP contribution in [0.4, 0.5) is 5.69 Å². The summed E-state index contributed by atoms with van der Waals surface area (Å²) in [5.74, 6) is 1.49. The van der Waals surface area contributed by atoms with Crippen LogP contribution >= 0.6 is 8.15 Å². The fourth-order valence-corrected chi connectivity index (χ4v) is 6.52. The van der Waals surface area contributed by atoms with Gasteiger partial charge in [0.15, 0.2) is 0 Å². The first-order valence-electron chi connectivity index (χ1n) is 11.8. The number of aryl methyl sites for hydroxylation is 2. The normalized spacial score (nSPS) is 16.5. The molecule has 0 unspecified atom stereocenters. The van der Waals surface area contributed by atoms with Crippen molar-refractivity contribution < 1.29 is 4.52 Å². The van der Waals surface area contributed by atoms with Gasteiger partial charge in [-0.3, -0.25) is 4.99 Å². The van der Waals surface area contributed by atoms with E-state index in [0.29, 0.717) is 5.92 Å². The lowest BCUT2D eigenvalue weighted by Gasteiger charge is -2.36. The van der Waals surface area contributed by atoms with Crippen LogP contribution in [-0.4, -0.2) is 24.0 Å². The van der Waals surface area contributed by atoms with E-state index in [4.69, 9.17) is 9.52 Å². The number of anilines is 1. The highest BCUT2D eigenvalue weighted by atomic mass is 31.1. The zero-order valence-corrected chi connectivity index (χ0v) is 21.5. The molecule has 0 aliphatic carbocycles. The van der Waals surface area contributed by atoms with E-state index in [2.05, 4.69) is 125 Å². The molecule has 0 amide bonds. The van der Waals surface area contributed by atoms with Crippen molar-refractivity contribution in [1.82, 2.24) is 0 Å². The largest absolute Gasteiger partial charge is 0.336 e. The summed E-state index contributed by atoms with van der Waals surface area (Å²) in [5.41, 5.74) is 3.13. The molecule has 0 spiro atoms. The Morgan fingerprint density at radius 1 is 0.848 bits per heavy atom. The van der Waals surface area contributed by atoms with Crippen LogP contribution in [0.5, 0.6) is 0 Å². The van der Waals surface area contributed by atoms with Crippen molar-refractivity contribution in [3.05, 3.63) is 90.0 Å². The summed E-state index contributed by atoms with van der Waals surface area (Å²) in [6.07, 6.45) is 0. The fraction of sp³-hybridized carbons (Fsp3) is 0.345. The maximum Gasteiger partial charge on any atom is 0.136 e. The Morgan fingerprint density at radius 2 is 1.36 bits per heavy atom. The van der Waals surface area contributed by atoms with Crippen LogP contribution in [0.1, 0.15) is 38.8 Å². The number of para-hydroxylation sites is 1. The van der Waals surface area contributed by atoms with Crippen LogP contribution in [0.3, 0.4) is 0 Å². The maximum absolute atomic E-state index is 7.13. The molecule has 3 aromatic carbocycles. The first kappa shape index (κ1) is 23.7. The highest BCUT2D eigenvalue weighted by Gasteiger charge is 2.40.